The van der Waals surface area contributed by atoms with E-state index in [2.05, 4.69) is 4.98 Å². The van der Waals surface area contributed by atoms with Crippen LogP contribution in [-0.2, 0) is 4.74 Å². The quantitative estimate of drug-likeness (QED) is 0.649. The first-order valence-corrected chi connectivity index (χ1v) is 10.0. The molecule has 1 saturated heterocycles. The Morgan fingerprint density at radius 3 is 2.87 bits per heavy atom. The molecule has 1 amide bonds. The van der Waals surface area contributed by atoms with Crippen LogP contribution < -0.4 is 15.0 Å². The number of ether oxygens (including phenoxy) is 3. The third-order valence-electron chi connectivity index (χ3n) is 5.56. The molecule has 0 bridgehead atoms. The second-order valence-electron chi connectivity index (χ2n) is 7.48. The predicted octanol–water partition coefficient (Wildman–Crippen LogP) is 2.48. The van der Waals surface area contributed by atoms with Gasteiger partial charge in [-0.25, -0.2) is 0 Å². The number of hydrogen-bond acceptors (Lipinski definition) is 6. The maximum atomic E-state index is 13.4. The third-order valence-corrected chi connectivity index (χ3v) is 5.56. The topological polar surface area (TPSA) is 82.9 Å². The van der Waals surface area contributed by atoms with Crippen molar-refractivity contribution in [2.75, 3.05) is 26.5 Å². The van der Waals surface area contributed by atoms with Gasteiger partial charge in [-0.2, -0.15) is 0 Å². The Morgan fingerprint density at radius 2 is 2.03 bits per heavy atom. The lowest BCUT2D eigenvalue weighted by molar-refractivity contribution is -0.0230. The first-order chi connectivity index (χ1) is 15.1. The number of rotatable bonds is 3. The molecule has 2 aliphatic rings. The number of amides is 1. The molecule has 0 aliphatic carbocycles. The summed E-state index contributed by atoms with van der Waals surface area (Å²) in [6.07, 6.45) is 4.83. The van der Waals surface area contributed by atoms with Crippen LogP contribution >= 0.6 is 0 Å². The maximum Gasteiger partial charge on any atom is 0.268 e. The largest absolute Gasteiger partial charge is 0.454 e. The van der Waals surface area contributed by atoms with E-state index in [-0.39, 0.29) is 29.9 Å². The van der Waals surface area contributed by atoms with Gasteiger partial charge in [-0.1, -0.05) is 6.07 Å². The highest BCUT2D eigenvalue weighted by Crippen LogP contribution is 2.33. The Morgan fingerprint density at radius 1 is 1.16 bits per heavy atom. The van der Waals surface area contributed by atoms with Crippen LogP contribution in [0.3, 0.4) is 0 Å². The van der Waals surface area contributed by atoms with E-state index in [4.69, 9.17) is 14.2 Å². The van der Waals surface area contributed by atoms with Crippen LogP contribution in [0.2, 0.25) is 0 Å². The van der Waals surface area contributed by atoms with Gasteiger partial charge in [0.1, 0.15) is 11.7 Å². The molecule has 158 valence electrons. The minimum atomic E-state index is -0.367. The van der Waals surface area contributed by atoms with E-state index in [0.717, 1.165) is 5.56 Å². The number of benzene rings is 1. The first kappa shape index (κ1) is 19.3. The molecule has 2 aromatic heterocycles. The fraction of sp³-hybridized carbons (Fsp3) is 0.261. The number of nitrogens with zero attached hydrogens (tertiary/aromatic N) is 3. The van der Waals surface area contributed by atoms with Crippen molar-refractivity contribution in [2.24, 2.45) is 0 Å². The molecule has 1 fully saturated rings. The van der Waals surface area contributed by atoms with E-state index in [1.54, 1.807) is 54.7 Å². The summed E-state index contributed by atoms with van der Waals surface area (Å²) in [5.41, 5.74) is 1.94. The van der Waals surface area contributed by atoms with Gasteiger partial charge in [0, 0.05) is 36.8 Å². The molecule has 1 aromatic carbocycles. The number of aromatic nitrogens is 2. The molecule has 0 radical (unpaired) electrons. The first-order valence-electron chi connectivity index (χ1n) is 10.0. The van der Waals surface area contributed by atoms with Crippen molar-refractivity contribution in [1.29, 1.82) is 0 Å². The predicted molar refractivity (Wildman–Crippen MR) is 112 cm³/mol. The number of carbonyl (C=O) groups is 1. The highest BCUT2D eigenvalue weighted by atomic mass is 16.7. The van der Waals surface area contributed by atoms with Crippen molar-refractivity contribution >= 4 is 5.91 Å². The van der Waals surface area contributed by atoms with Gasteiger partial charge in [0.25, 0.3) is 11.5 Å². The number of aryl methyl sites for hydroxylation is 1. The van der Waals surface area contributed by atoms with Crippen molar-refractivity contribution in [3.63, 3.8) is 0 Å². The molecule has 1 atom stereocenters. The molecule has 0 spiro atoms. The molecule has 0 N–H and O–H groups in total. The van der Waals surface area contributed by atoms with E-state index in [1.807, 2.05) is 12.1 Å². The van der Waals surface area contributed by atoms with Crippen LogP contribution in [0, 0.1) is 6.92 Å². The number of fused-ring (bicyclic) bond motifs is 1. The average Bonchev–Trinajstić information content (AvgIpc) is 3.28. The van der Waals surface area contributed by atoms with Gasteiger partial charge >= 0.3 is 0 Å². The van der Waals surface area contributed by atoms with E-state index in [1.165, 1.54) is 4.57 Å². The smallest absolute Gasteiger partial charge is 0.268 e. The number of morpholine rings is 1. The molecule has 2 aliphatic heterocycles. The van der Waals surface area contributed by atoms with Crippen molar-refractivity contribution in [3.05, 3.63) is 82.0 Å². The Bertz CT molecular complexity index is 1190. The van der Waals surface area contributed by atoms with Crippen molar-refractivity contribution in [2.45, 2.75) is 13.0 Å². The Labute approximate surface area is 178 Å². The van der Waals surface area contributed by atoms with Crippen LogP contribution in [0.4, 0.5) is 0 Å². The van der Waals surface area contributed by atoms with Gasteiger partial charge in [0.2, 0.25) is 6.79 Å². The van der Waals surface area contributed by atoms with Gasteiger partial charge in [-0.15, -0.1) is 0 Å². The zero-order valence-corrected chi connectivity index (χ0v) is 17.0. The normalized spacial score (nSPS) is 17.6. The summed E-state index contributed by atoms with van der Waals surface area (Å²) in [6.45, 7) is 3.11. The second kappa shape index (κ2) is 7.88. The molecule has 4 heterocycles. The summed E-state index contributed by atoms with van der Waals surface area (Å²) in [4.78, 5) is 32.5. The Hall–Kier alpha value is -3.65. The van der Waals surface area contributed by atoms with Crippen LogP contribution in [0.1, 0.15) is 27.6 Å². The van der Waals surface area contributed by atoms with Gasteiger partial charge in [0.05, 0.1) is 18.8 Å². The molecule has 8 heteroatoms. The van der Waals surface area contributed by atoms with E-state index < -0.39 is 0 Å². The molecular formula is C23H21N3O5. The van der Waals surface area contributed by atoms with Gasteiger partial charge in [0.15, 0.2) is 11.5 Å². The summed E-state index contributed by atoms with van der Waals surface area (Å²) in [5, 5.41) is 0. The lowest BCUT2D eigenvalue weighted by Crippen LogP contribution is -2.44. The summed E-state index contributed by atoms with van der Waals surface area (Å²) < 4.78 is 18.1. The maximum absolute atomic E-state index is 13.4. The Balaban J connectivity index is 1.46. The molecule has 31 heavy (non-hydrogen) atoms. The van der Waals surface area contributed by atoms with E-state index in [0.29, 0.717) is 42.4 Å². The lowest BCUT2D eigenvalue weighted by Gasteiger charge is -2.33. The van der Waals surface area contributed by atoms with E-state index >= 15 is 0 Å². The molecule has 5 rings (SSSR count). The summed E-state index contributed by atoms with van der Waals surface area (Å²) in [5.74, 6) is 0.912. The zero-order valence-electron chi connectivity index (χ0n) is 17.0. The zero-order chi connectivity index (χ0) is 21.4. The van der Waals surface area contributed by atoms with Crippen molar-refractivity contribution in [3.8, 4) is 17.2 Å². The van der Waals surface area contributed by atoms with Gasteiger partial charge in [-0.05, 0) is 36.8 Å². The lowest BCUT2D eigenvalue weighted by atomic mass is 10.1. The SMILES string of the molecule is Cc1ccn(-c2ccc3c(c2)OCO3)c(=O)c1C(=O)N1CCOC(c2cccnc2)C1. The molecular weight excluding hydrogens is 398 g/mol. The fourth-order valence-electron chi connectivity index (χ4n) is 3.88. The molecule has 0 saturated carbocycles. The van der Waals surface area contributed by atoms with Crippen molar-refractivity contribution < 1.29 is 19.0 Å². The third kappa shape index (κ3) is 3.55. The minimum Gasteiger partial charge on any atom is -0.454 e. The number of hydrogen-bond donors (Lipinski definition) is 0. The molecule has 3 aromatic rings. The van der Waals surface area contributed by atoms with Gasteiger partial charge < -0.3 is 19.1 Å². The fourth-order valence-corrected chi connectivity index (χ4v) is 3.88. The Kier molecular flexibility index (Phi) is 4.91. The van der Waals surface area contributed by atoms with Crippen LogP contribution in [0.25, 0.3) is 5.69 Å². The highest BCUT2D eigenvalue weighted by Gasteiger charge is 2.29. The average molecular weight is 419 g/mol. The number of pyridine rings is 2. The minimum absolute atomic E-state index is 0.153. The van der Waals surface area contributed by atoms with Crippen LogP contribution in [0.15, 0.2) is 59.8 Å². The number of carbonyl (C=O) groups excluding carboxylic acids is 1. The standard InChI is InChI=1S/C23H21N3O5/c1-15-6-8-26(17-4-5-18-19(11-17)31-14-30-18)23(28)21(15)22(27)25-9-10-29-20(13-25)16-3-2-7-24-12-16/h2-8,11-12,20H,9-10,13-14H2,1H3. The monoisotopic (exact) mass is 419 g/mol. The summed E-state index contributed by atoms with van der Waals surface area (Å²) in [6, 6.07) is 10.8. The van der Waals surface area contributed by atoms with Crippen LogP contribution in [-0.4, -0.2) is 46.8 Å². The molecule has 8 nitrogen and oxygen atoms in total. The highest BCUT2D eigenvalue weighted by molar-refractivity contribution is 5.95. The molecule has 1 unspecified atom stereocenters. The summed E-state index contributed by atoms with van der Waals surface area (Å²) in [7, 11) is 0. The van der Waals surface area contributed by atoms with Crippen molar-refractivity contribution in [1.82, 2.24) is 14.5 Å². The van der Waals surface area contributed by atoms with E-state index in [9.17, 15) is 9.59 Å². The summed E-state index contributed by atoms with van der Waals surface area (Å²) >= 11 is 0. The van der Waals surface area contributed by atoms with Gasteiger partial charge in [-0.3, -0.25) is 19.1 Å². The second-order valence-corrected chi connectivity index (χ2v) is 7.48. The van der Waals surface area contributed by atoms with Crippen LogP contribution in [0.5, 0.6) is 11.5 Å².